The topological polar surface area (TPSA) is 116 Å². The molecule has 0 aliphatic heterocycles. The second kappa shape index (κ2) is 5.92. The van der Waals surface area contributed by atoms with Crippen molar-refractivity contribution >= 4 is 38.4 Å². The molecule has 2 rings (SSSR count). The van der Waals surface area contributed by atoms with Gasteiger partial charge in [0, 0.05) is 11.9 Å². The SMILES string of the molecule is NS(=O)(=O)CCSc1c(F)cc([N+](=O)[O-])c2cccnc12. The van der Waals surface area contributed by atoms with Gasteiger partial charge in [-0.05, 0) is 12.1 Å². The molecule has 2 aromatic rings. The first-order chi connectivity index (χ1) is 9.79. The molecule has 0 spiro atoms. The average molecular weight is 331 g/mol. The van der Waals surface area contributed by atoms with Gasteiger partial charge in [-0.25, -0.2) is 17.9 Å². The van der Waals surface area contributed by atoms with Crippen LogP contribution in [0.2, 0.25) is 0 Å². The van der Waals surface area contributed by atoms with Gasteiger partial charge in [-0.15, -0.1) is 11.8 Å². The summed E-state index contributed by atoms with van der Waals surface area (Å²) >= 11 is 0.905. The fraction of sp³-hybridized carbons (Fsp3) is 0.182. The molecule has 1 aromatic heterocycles. The monoisotopic (exact) mass is 331 g/mol. The van der Waals surface area contributed by atoms with E-state index in [2.05, 4.69) is 4.98 Å². The molecule has 0 fully saturated rings. The standard InChI is InChI=1S/C11H10FN3O4S2/c12-8-6-9(15(16)17)7-2-1-3-14-10(7)11(8)20-4-5-21(13,18)19/h1-3,6H,4-5H2,(H2,13,18,19). The number of aromatic nitrogens is 1. The number of sulfonamides is 1. The van der Waals surface area contributed by atoms with Gasteiger partial charge in [0.15, 0.2) is 0 Å². The van der Waals surface area contributed by atoms with Crippen LogP contribution in [0.4, 0.5) is 10.1 Å². The molecule has 7 nitrogen and oxygen atoms in total. The average Bonchev–Trinajstić information content (AvgIpc) is 2.39. The number of nitro benzene ring substituents is 1. The minimum Gasteiger partial charge on any atom is -0.258 e. The van der Waals surface area contributed by atoms with Crippen molar-refractivity contribution in [2.24, 2.45) is 5.14 Å². The highest BCUT2D eigenvalue weighted by Gasteiger charge is 2.20. The number of nitro groups is 1. The summed E-state index contributed by atoms with van der Waals surface area (Å²) in [6.45, 7) is 0. The van der Waals surface area contributed by atoms with E-state index in [1.54, 1.807) is 0 Å². The van der Waals surface area contributed by atoms with Crippen LogP contribution >= 0.6 is 11.8 Å². The lowest BCUT2D eigenvalue weighted by Crippen LogP contribution is -2.17. The first kappa shape index (κ1) is 15.6. The van der Waals surface area contributed by atoms with Gasteiger partial charge < -0.3 is 0 Å². The zero-order valence-corrected chi connectivity index (χ0v) is 12.2. The summed E-state index contributed by atoms with van der Waals surface area (Å²) in [6, 6.07) is 3.78. The largest absolute Gasteiger partial charge is 0.281 e. The van der Waals surface area contributed by atoms with Gasteiger partial charge in [0.25, 0.3) is 5.69 Å². The summed E-state index contributed by atoms with van der Waals surface area (Å²) in [5, 5.41) is 16.0. The van der Waals surface area contributed by atoms with Crippen LogP contribution in [-0.2, 0) is 10.0 Å². The summed E-state index contributed by atoms with van der Waals surface area (Å²) in [7, 11) is -3.65. The van der Waals surface area contributed by atoms with Crippen molar-refractivity contribution in [3.63, 3.8) is 0 Å². The molecule has 0 atom stereocenters. The highest BCUT2D eigenvalue weighted by molar-refractivity contribution is 8.00. The molecule has 0 saturated carbocycles. The molecule has 0 radical (unpaired) electrons. The van der Waals surface area contributed by atoms with Gasteiger partial charge in [0.05, 0.1) is 32.5 Å². The number of benzene rings is 1. The Morgan fingerprint density at radius 3 is 2.81 bits per heavy atom. The van der Waals surface area contributed by atoms with Gasteiger partial charge in [-0.3, -0.25) is 15.1 Å². The molecule has 112 valence electrons. The smallest absolute Gasteiger partial charge is 0.258 e. The molecular formula is C11H10FN3O4S2. The van der Waals surface area contributed by atoms with E-state index < -0.39 is 20.8 Å². The third-order valence-corrected chi connectivity index (χ3v) is 4.71. The molecule has 0 unspecified atom stereocenters. The van der Waals surface area contributed by atoms with E-state index in [1.165, 1.54) is 18.3 Å². The molecule has 10 heteroatoms. The normalized spacial score (nSPS) is 11.7. The maximum Gasteiger partial charge on any atom is 0.281 e. The highest BCUT2D eigenvalue weighted by Crippen LogP contribution is 2.34. The van der Waals surface area contributed by atoms with Crippen LogP contribution in [0.1, 0.15) is 0 Å². The maximum absolute atomic E-state index is 14.0. The number of halogens is 1. The van der Waals surface area contributed by atoms with Crippen molar-refractivity contribution in [3.8, 4) is 0 Å². The van der Waals surface area contributed by atoms with Crippen molar-refractivity contribution in [1.29, 1.82) is 0 Å². The van der Waals surface area contributed by atoms with Crippen LogP contribution in [0.15, 0.2) is 29.3 Å². The van der Waals surface area contributed by atoms with Crippen LogP contribution in [0.3, 0.4) is 0 Å². The molecular weight excluding hydrogens is 321 g/mol. The number of primary sulfonamides is 1. The summed E-state index contributed by atoms with van der Waals surface area (Å²) in [5.41, 5.74) is -0.255. The lowest BCUT2D eigenvalue weighted by molar-refractivity contribution is -0.383. The van der Waals surface area contributed by atoms with Crippen LogP contribution in [0.25, 0.3) is 10.9 Å². The van der Waals surface area contributed by atoms with Crippen molar-refractivity contribution < 1.29 is 17.7 Å². The molecule has 0 amide bonds. The Morgan fingerprint density at radius 1 is 1.48 bits per heavy atom. The molecule has 1 aromatic carbocycles. The lowest BCUT2D eigenvalue weighted by atomic mass is 10.2. The summed E-state index contributed by atoms with van der Waals surface area (Å²) in [6.07, 6.45) is 1.38. The second-order valence-electron chi connectivity index (χ2n) is 4.08. The Labute approximate surface area is 123 Å². The molecule has 0 aliphatic rings. The molecule has 0 aliphatic carbocycles. The Balaban J connectivity index is 2.47. The first-order valence-electron chi connectivity index (χ1n) is 5.64. The van der Waals surface area contributed by atoms with Crippen LogP contribution < -0.4 is 5.14 Å². The van der Waals surface area contributed by atoms with Crippen molar-refractivity contribution in [3.05, 3.63) is 40.3 Å². The Kier molecular flexibility index (Phi) is 4.40. The van der Waals surface area contributed by atoms with E-state index >= 15 is 0 Å². The zero-order valence-electron chi connectivity index (χ0n) is 10.5. The van der Waals surface area contributed by atoms with Gasteiger partial charge in [-0.1, -0.05) is 0 Å². The van der Waals surface area contributed by atoms with Crippen molar-refractivity contribution in [2.75, 3.05) is 11.5 Å². The number of pyridine rings is 1. The van der Waals surface area contributed by atoms with E-state index in [0.717, 1.165) is 17.8 Å². The zero-order chi connectivity index (χ0) is 15.6. The quantitative estimate of drug-likeness (QED) is 0.506. The highest BCUT2D eigenvalue weighted by atomic mass is 32.2. The minimum atomic E-state index is -3.65. The van der Waals surface area contributed by atoms with Gasteiger partial charge in [0.2, 0.25) is 10.0 Å². The molecule has 1 heterocycles. The number of fused-ring (bicyclic) bond motifs is 1. The number of nitrogens with two attached hydrogens (primary N) is 1. The van der Waals surface area contributed by atoms with Crippen LogP contribution in [0, 0.1) is 15.9 Å². The van der Waals surface area contributed by atoms with Crippen molar-refractivity contribution in [2.45, 2.75) is 4.90 Å². The van der Waals surface area contributed by atoms with E-state index in [1.807, 2.05) is 0 Å². The Bertz CT molecular complexity index is 810. The van der Waals surface area contributed by atoms with Crippen LogP contribution in [-0.4, -0.2) is 29.8 Å². The Morgan fingerprint density at radius 2 is 2.19 bits per heavy atom. The fourth-order valence-electron chi connectivity index (χ4n) is 1.72. The molecule has 21 heavy (non-hydrogen) atoms. The third kappa shape index (κ3) is 3.65. The third-order valence-electron chi connectivity index (χ3n) is 2.59. The minimum absolute atomic E-state index is 0.0270. The van der Waals surface area contributed by atoms with Gasteiger partial charge >= 0.3 is 0 Å². The van der Waals surface area contributed by atoms with Gasteiger partial charge in [0.1, 0.15) is 5.82 Å². The van der Waals surface area contributed by atoms with Crippen LogP contribution in [0.5, 0.6) is 0 Å². The van der Waals surface area contributed by atoms with Crippen molar-refractivity contribution in [1.82, 2.24) is 4.98 Å². The summed E-state index contributed by atoms with van der Waals surface area (Å²) < 4.78 is 35.8. The number of thioether (sulfide) groups is 1. The number of hydrogen-bond acceptors (Lipinski definition) is 6. The number of hydrogen-bond donors (Lipinski definition) is 1. The summed E-state index contributed by atoms with van der Waals surface area (Å²) in [5.74, 6) is -1.12. The first-order valence-corrected chi connectivity index (χ1v) is 8.34. The predicted molar refractivity (Wildman–Crippen MR) is 77.1 cm³/mol. The Hall–Kier alpha value is -1.78. The predicted octanol–water partition coefficient (Wildman–Crippen LogP) is 1.66. The van der Waals surface area contributed by atoms with Gasteiger partial charge in [-0.2, -0.15) is 0 Å². The van der Waals surface area contributed by atoms with E-state index in [9.17, 15) is 22.9 Å². The number of non-ortho nitro benzene ring substituents is 1. The molecule has 0 bridgehead atoms. The lowest BCUT2D eigenvalue weighted by Gasteiger charge is -2.07. The molecule has 0 saturated heterocycles. The maximum atomic E-state index is 14.0. The van der Waals surface area contributed by atoms with E-state index in [0.29, 0.717) is 0 Å². The number of nitrogens with zero attached hydrogens (tertiary/aromatic N) is 2. The summed E-state index contributed by atoms with van der Waals surface area (Å²) in [4.78, 5) is 14.3. The van der Waals surface area contributed by atoms with E-state index in [-0.39, 0.29) is 33.0 Å². The van der Waals surface area contributed by atoms with E-state index in [4.69, 9.17) is 5.14 Å². The second-order valence-corrected chi connectivity index (χ2v) is 6.92. The molecule has 2 N–H and O–H groups in total. The number of rotatable bonds is 5. The fourth-order valence-corrected chi connectivity index (χ4v) is 3.68.